The van der Waals surface area contributed by atoms with Gasteiger partial charge in [-0.1, -0.05) is 0 Å². The molecule has 0 aliphatic rings. The first-order valence-electron chi connectivity index (χ1n) is 3.47. The van der Waals surface area contributed by atoms with Crippen molar-refractivity contribution in [2.45, 2.75) is 12.8 Å². The molecule has 0 aliphatic heterocycles. The van der Waals surface area contributed by atoms with E-state index in [9.17, 15) is 4.79 Å². The Morgan fingerprint density at radius 3 is 2.83 bits per heavy atom. The first kappa shape index (κ1) is 9.74. The Bertz CT molecular complexity index is 282. The fourth-order valence-corrected chi connectivity index (χ4v) is 2.43. The molecule has 12 heavy (non-hydrogen) atoms. The third-order valence-corrected chi connectivity index (χ3v) is 3.40. The van der Waals surface area contributed by atoms with Gasteiger partial charge in [-0.2, -0.15) is 0 Å². The molecule has 0 saturated carbocycles. The van der Waals surface area contributed by atoms with Crippen LogP contribution in [0.2, 0.25) is 0 Å². The third kappa shape index (κ3) is 1.87. The summed E-state index contributed by atoms with van der Waals surface area (Å²) in [6.07, 6.45) is 0. The molecule has 1 aromatic heterocycles. The fraction of sp³-hybridized carbons (Fsp3) is 0.375. The van der Waals surface area contributed by atoms with Crippen molar-refractivity contribution in [2.75, 3.05) is 7.11 Å². The standard InChI is InChI=1S/C8H9BrO2S/c1-5(8(10)11-2)6-3-4-12-7(6)9/h3-5H,1-2H3. The predicted molar refractivity (Wildman–Crippen MR) is 52.5 cm³/mol. The smallest absolute Gasteiger partial charge is 0.312 e. The van der Waals surface area contributed by atoms with Gasteiger partial charge in [-0.05, 0) is 39.9 Å². The second-order valence-corrected chi connectivity index (χ2v) is 4.63. The van der Waals surface area contributed by atoms with Gasteiger partial charge in [0.1, 0.15) is 0 Å². The topological polar surface area (TPSA) is 26.3 Å². The lowest BCUT2D eigenvalue weighted by atomic mass is 10.1. The Hall–Kier alpha value is -0.350. The van der Waals surface area contributed by atoms with Gasteiger partial charge in [-0.15, -0.1) is 11.3 Å². The number of ether oxygens (including phenoxy) is 1. The largest absolute Gasteiger partial charge is 0.469 e. The zero-order valence-electron chi connectivity index (χ0n) is 6.83. The van der Waals surface area contributed by atoms with Crippen LogP contribution in [-0.2, 0) is 9.53 Å². The molecule has 1 atom stereocenters. The van der Waals surface area contributed by atoms with Crippen molar-refractivity contribution in [3.63, 3.8) is 0 Å². The molecule has 0 amide bonds. The van der Waals surface area contributed by atoms with Crippen molar-refractivity contribution in [3.05, 3.63) is 20.8 Å². The van der Waals surface area contributed by atoms with Gasteiger partial charge >= 0.3 is 5.97 Å². The molecule has 0 radical (unpaired) electrons. The maximum atomic E-state index is 11.1. The zero-order valence-corrected chi connectivity index (χ0v) is 9.24. The Labute approximate surface area is 83.7 Å². The third-order valence-electron chi connectivity index (χ3n) is 1.67. The SMILES string of the molecule is COC(=O)C(C)c1ccsc1Br. The Morgan fingerprint density at radius 2 is 2.42 bits per heavy atom. The van der Waals surface area contributed by atoms with Crippen LogP contribution in [0.5, 0.6) is 0 Å². The van der Waals surface area contributed by atoms with E-state index in [0.29, 0.717) is 0 Å². The van der Waals surface area contributed by atoms with Crippen molar-refractivity contribution in [2.24, 2.45) is 0 Å². The van der Waals surface area contributed by atoms with Gasteiger partial charge in [-0.25, -0.2) is 0 Å². The van der Waals surface area contributed by atoms with Gasteiger partial charge in [0.2, 0.25) is 0 Å². The maximum absolute atomic E-state index is 11.1. The van der Waals surface area contributed by atoms with E-state index >= 15 is 0 Å². The molecule has 0 aliphatic carbocycles. The van der Waals surface area contributed by atoms with Gasteiger partial charge < -0.3 is 4.74 Å². The first-order chi connectivity index (χ1) is 5.66. The van der Waals surface area contributed by atoms with Crippen LogP contribution in [0.25, 0.3) is 0 Å². The summed E-state index contributed by atoms with van der Waals surface area (Å²) in [6, 6.07) is 1.93. The number of thiophene rings is 1. The van der Waals surface area contributed by atoms with Crippen molar-refractivity contribution >= 4 is 33.2 Å². The van der Waals surface area contributed by atoms with Crippen LogP contribution < -0.4 is 0 Å². The molecular formula is C8H9BrO2S. The number of halogens is 1. The molecule has 0 aromatic carbocycles. The Kier molecular flexibility index (Phi) is 3.29. The Morgan fingerprint density at radius 1 is 1.75 bits per heavy atom. The summed E-state index contributed by atoms with van der Waals surface area (Å²) >= 11 is 4.94. The number of rotatable bonds is 2. The van der Waals surface area contributed by atoms with E-state index in [-0.39, 0.29) is 11.9 Å². The summed E-state index contributed by atoms with van der Waals surface area (Å²) in [6.45, 7) is 1.83. The van der Waals surface area contributed by atoms with Crippen LogP contribution in [0, 0.1) is 0 Å². The van der Waals surface area contributed by atoms with Crippen molar-refractivity contribution < 1.29 is 9.53 Å². The van der Waals surface area contributed by atoms with E-state index in [1.807, 2.05) is 18.4 Å². The molecule has 4 heteroatoms. The van der Waals surface area contributed by atoms with Crippen LogP contribution in [0.3, 0.4) is 0 Å². The molecule has 1 unspecified atom stereocenters. The molecule has 0 N–H and O–H groups in total. The summed E-state index contributed by atoms with van der Waals surface area (Å²) in [4.78, 5) is 11.1. The van der Waals surface area contributed by atoms with E-state index < -0.39 is 0 Å². The van der Waals surface area contributed by atoms with Gasteiger partial charge in [0.25, 0.3) is 0 Å². The van der Waals surface area contributed by atoms with E-state index in [0.717, 1.165) is 9.35 Å². The predicted octanol–water partition coefficient (Wildman–Crippen LogP) is 2.79. The van der Waals surface area contributed by atoms with Crippen molar-refractivity contribution in [1.82, 2.24) is 0 Å². The van der Waals surface area contributed by atoms with Gasteiger partial charge in [0.15, 0.2) is 0 Å². The molecular weight excluding hydrogens is 240 g/mol. The average Bonchev–Trinajstić information content (AvgIpc) is 2.48. The molecule has 0 fully saturated rings. The van der Waals surface area contributed by atoms with E-state index in [2.05, 4.69) is 20.7 Å². The van der Waals surface area contributed by atoms with Crippen molar-refractivity contribution in [1.29, 1.82) is 0 Å². The minimum Gasteiger partial charge on any atom is -0.469 e. The fourth-order valence-electron chi connectivity index (χ4n) is 0.919. The van der Waals surface area contributed by atoms with Gasteiger partial charge in [0, 0.05) is 0 Å². The number of hydrogen-bond donors (Lipinski definition) is 0. The number of methoxy groups -OCH3 is 1. The average molecular weight is 249 g/mol. The van der Waals surface area contributed by atoms with Crippen LogP contribution in [0.15, 0.2) is 15.2 Å². The Balaban J connectivity index is 2.84. The number of carbonyl (C=O) groups is 1. The summed E-state index contributed by atoms with van der Waals surface area (Å²) in [5, 5.41) is 1.94. The van der Waals surface area contributed by atoms with Crippen LogP contribution in [0.1, 0.15) is 18.4 Å². The molecule has 0 saturated heterocycles. The number of hydrogen-bond acceptors (Lipinski definition) is 3. The summed E-state index contributed by atoms with van der Waals surface area (Å²) in [5.74, 6) is -0.385. The van der Waals surface area contributed by atoms with Crippen LogP contribution >= 0.6 is 27.3 Å². The highest BCUT2D eigenvalue weighted by Gasteiger charge is 2.18. The van der Waals surface area contributed by atoms with Gasteiger partial charge in [0.05, 0.1) is 16.8 Å². The van der Waals surface area contributed by atoms with E-state index in [4.69, 9.17) is 0 Å². The zero-order chi connectivity index (χ0) is 9.14. The quantitative estimate of drug-likeness (QED) is 0.753. The highest BCUT2D eigenvalue weighted by molar-refractivity contribution is 9.11. The second kappa shape index (κ2) is 4.05. The highest BCUT2D eigenvalue weighted by Crippen LogP contribution is 2.30. The first-order valence-corrected chi connectivity index (χ1v) is 5.14. The van der Waals surface area contributed by atoms with Gasteiger partial charge in [-0.3, -0.25) is 4.79 Å². The normalized spacial score (nSPS) is 12.6. The monoisotopic (exact) mass is 248 g/mol. The summed E-state index contributed by atoms with van der Waals surface area (Å²) in [7, 11) is 1.40. The lowest BCUT2D eigenvalue weighted by Gasteiger charge is -2.06. The molecule has 1 aromatic rings. The molecule has 0 spiro atoms. The minimum absolute atomic E-state index is 0.185. The molecule has 1 rings (SSSR count). The molecule has 2 nitrogen and oxygen atoms in total. The number of esters is 1. The van der Waals surface area contributed by atoms with Crippen molar-refractivity contribution in [3.8, 4) is 0 Å². The molecule has 66 valence electrons. The van der Waals surface area contributed by atoms with E-state index in [1.165, 1.54) is 7.11 Å². The number of carbonyl (C=O) groups excluding carboxylic acids is 1. The molecule has 1 heterocycles. The maximum Gasteiger partial charge on any atom is 0.312 e. The lowest BCUT2D eigenvalue weighted by Crippen LogP contribution is -2.10. The summed E-state index contributed by atoms with van der Waals surface area (Å²) in [5.41, 5.74) is 0.992. The highest BCUT2D eigenvalue weighted by atomic mass is 79.9. The lowest BCUT2D eigenvalue weighted by molar-refractivity contribution is -0.141. The second-order valence-electron chi connectivity index (χ2n) is 2.39. The van der Waals surface area contributed by atoms with Crippen LogP contribution in [0.4, 0.5) is 0 Å². The summed E-state index contributed by atoms with van der Waals surface area (Å²) < 4.78 is 5.64. The van der Waals surface area contributed by atoms with E-state index in [1.54, 1.807) is 11.3 Å². The molecule has 0 bridgehead atoms. The minimum atomic E-state index is -0.200. The van der Waals surface area contributed by atoms with Crippen LogP contribution in [-0.4, -0.2) is 13.1 Å².